The van der Waals surface area contributed by atoms with E-state index in [1.807, 2.05) is 60.7 Å². The molecule has 6 heteroatoms. The molecule has 0 unspecified atom stereocenters. The van der Waals surface area contributed by atoms with Gasteiger partial charge in [-0.05, 0) is 69.7 Å². The average Bonchev–Trinajstić information content (AvgIpc) is 3.26. The summed E-state index contributed by atoms with van der Waals surface area (Å²) in [5.41, 5.74) is 5.07. The van der Waals surface area contributed by atoms with Gasteiger partial charge in [0.05, 0.1) is 15.7 Å². The molecule has 4 aromatic rings. The van der Waals surface area contributed by atoms with Gasteiger partial charge in [0.1, 0.15) is 12.4 Å². The maximum absolute atomic E-state index is 12.2. The minimum atomic E-state index is -0.324. The molecule has 0 saturated heterocycles. The Morgan fingerprint density at radius 1 is 0.871 bits per heavy atom. The van der Waals surface area contributed by atoms with Crippen molar-refractivity contribution in [3.05, 3.63) is 99.2 Å². The topological polar surface area (TPSA) is 71.2 Å². The lowest BCUT2D eigenvalue weighted by Crippen LogP contribution is -2.20. The van der Waals surface area contributed by atoms with E-state index in [2.05, 4.69) is 26.2 Å². The molecule has 5 rings (SSSR count). The van der Waals surface area contributed by atoms with E-state index in [0.717, 1.165) is 37.9 Å². The first-order valence-corrected chi connectivity index (χ1v) is 10.8. The number of carbonyl (C=O) groups excluding carboxylic acids is 2. The third kappa shape index (κ3) is 3.75. The second-order valence-electron chi connectivity index (χ2n) is 7.52. The number of aryl methyl sites for hydroxylation is 2. The van der Waals surface area contributed by atoms with Crippen molar-refractivity contribution in [3.8, 4) is 5.75 Å². The van der Waals surface area contributed by atoms with Crippen molar-refractivity contribution in [1.82, 2.24) is 10.3 Å². The van der Waals surface area contributed by atoms with Crippen molar-refractivity contribution in [3.63, 3.8) is 0 Å². The Hall–Kier alpha value is -3.38. The molecule has 0 atom stereocenters. The van der Waals surface area contributed by atoms with Crippen LogP contribution in [0.4, 0.5) is 0 Å². The summed E-state index contributed by atoms with van der Waals surface area (Å²) in [5, 5.41) is 3.46. The molecular formula is C25H19BrN2O3. The molecule has 2 amide bonds. The van der Waals surface area contributed by atoms with Crippen molar-refractivity contribution in [2.45, 2.75) is 19.4 Å². The van der Waals surface area contributed by atoms with Crippen molar-refractivity contribution < 1.29 is 14.3 Å². The van der Waals surface area contributed by atoms with E-state index in [0.29, 0.717) is 30.6 Å². The van der Waals surface area contributed by atoms with Crippen LogP contribution >= 0.6 is 15.9 Å². The Kier molecular flexibility index (Phi) is 5.08. The van der Waals surface area contributed by atoms with Crippen molar-refractivity contribution in [2.75, 3.05) is 0 Å². The summed E-state index contributed by atoms with van der Waals surface area (Å²) >= 11 is 3.64. The number of halogens is 1. The highest BCUT2D eigenvalue weighted by molar-refractivity contribution is 9.10. The summed E-state index contributed by atoms with van der Waals surface area (Å²) in [7, 11) is 0. The van der Waals surface area contributed by atoms with Gasteiger partial charge >= 0.3 is 0 Å². The molecule has 1 aliphatic heterocycles. The lowest BCUT2D eigenvalue weighted by atomic mass is 9.97. The summed E-state index contributed by atoms with van der Waals surface area (Å²) in [6, 6.07) is 21.5. The maximum Gasteiger partial charge on any atom is 0.259 e. The number of H-pyrrole nitrogens is 1. The molecule has 0 saturated carbocycles. The Labute approximate surface area is 187 Å². The molecule has 1 aromatic heterocycles. The summed E-state index contributed by atoms with van der Waals surface area (Å²) in [5.74, 6) is 0.162. The van der Waals surface area contributed by atoms with Gasteiger partial charge in [0.15, 0.2) is 0 Å². The van der Waals surface area contributed by atoms with E-state index in [9.17, 15) is 9.59 Å². The summed E-state index contributed by atoms with van der Waals surface area (Å²) in [6.07, 6.45) is 1.35. The second-order valence-corrected chi connectivity index (χ2v) is 8.32. The van der Waals surface area contributed by atoms with E-state index in [-0.39, 0.29) is 11.8 Å². The molecule has 154 valence electrons. The van der Waals surface area contributed by atoms with E-state index < -0.39 is 0 Å². The number of imide groups is 1. The minimum absolute atomic E-state index is 0.315. The number of hydrogen-bond donors (Lipinski definition) is 2. The van der Waals surface area contributed by atoms with Crippen molar-refractivity contribution >= 4 is 38.6 Å². The van der Waals surface area contributed by atoms with E-state index >= 15 is 0 Å². The van der Waals surface area contributed by atoms with Crippen molar-refractivity contribution in [1.29, 1.82) is 0 Å². The van der Waals surface area contributed by atoms with Gasteiger partial charge < -0.3 is 9.72 Å². The monoisotopic (exact) mass is 474 g/mol. The normalized spacial score (nSPS) is 12.8. The number of nitrogens with one attached hydrogen (secondary N) is 2. The largest absolute Gasteiger partial charge is 0.489 e. The van der Waals surface area contributed by atoms with Crippen LogP contribution in [0.2, 0.25) is 0 Å². The van der Waals surface area contributed by atoms with E-state index in [1.165, 1.54) is 0 Å². The highest BCUT2D eigenvalue weighted by Crippen LogP contribution is 2.32. The third-order valence-corrected chi connectivity index (χ3v) is 6.24. The van der Waals surface area contributed by atoms with Gasteiger partial charge in [0, 0.05) is 10.9 Å². The van der Waals surface area contributed by atoms with Gasteiger partial charge in [-0.25, -0.2) is 0 Å². The SMILES string of the molecule is O=C1NC(=O)c2c(CCc3c(Br)[nH]c4ccc(OCc5ccccc5)cc34)cccc21. The Balaban J connectivity index is 1.40. The first kappa shape index (κ1) is 19.6. The Bertz CT molecular complexity index is 1310. The predicted octanol–water partition coefficient (Wildman–Crippen LogP) is 5.18. The lowest BCUT2D eigenvalue weighted by molar-refractivity contribution is 0.0879. The maximum atomic E-state index is 12.2. The zero-order chi connectivity index (χ0) is 21.4. The van der Waals surface area contributed by atoms with Crippen LogP contribution in [0.25, 0.3) is 10.9 Å². The molecule has 31 heavy (non-hydrogen) atoms. The number of fused-ring (bicyclic) bond motifs is 2. The molecule has 0 radical (unpaired) electrons. The van der Waals surface area contributed by atoms with Crippen LogP contribution in [0.15, 0.2) is 71.3 Å². The first-order valence-electron chi connectivity index (χ1n) is 10.0. The quantitative estimate of drug-likeness (QED) is 0.378. The fourth-order valence-electron chi connectivity index (χ4n) is 4.03. The van der Waals surface area contributed by atoms with Crippen LogP contribution in [-0.2, 0) is 19.4 Å². The molecule has 2 N–H and O–H groups in total. The van der Waals surface area contributed by atoms with Crippen LogP contribution in [0.5, 0.6) is 5.75 Å². The number of hydrogen-bond acceptors (Lipinski definition) is 3. The molecular weight excluding hydrogens is 456 g/mol. The van der Waals surface area contributed by atoms with Crippen LogP contribution in [-0.4, -0.2) is 16.8 Å². The average molecular weight is 475 g/mol. The molecule has 3 aromatic carbocycles. The van der Waals surface area contributed by atoms with Crippen molar-refractivity contribution in [2.24, 2.45) is 0 Å². The highest BCUT2D eigenvalue weighted by Gasteiger charge is 2.28. The van der Waals surface area contributed by atoms with Gasteiger partial charge in [-0.3, -0.25) is 14.9 Å². The fourth-order valence-corrected chi connectivity index (χ4v) is 4.65. The number of aromatic nitrogens is 1. The van der Waals surface area contributed by atoms with Crippen LogP contribution in [0, 0.1) is 0 Å². The molecule has 2 heterocycles. The molecule has 0 spiro atoms. The third-order valence-electron chi connectivity index (χ3n) is 5.57. The van der Waals surface area contributed by atoms with Crippen LogP contribution < -0.4 is 10.1 Å². The first-order chi connectivity index (χ1) is 15.1. The Morgan fingerprint density at radius 3 is 2.55 bits per heavy atom. The van der Waals surface area contributed by atoms with Crippen LogP contribution in [0.3, 0.4) is 0 Å². The minimum Gasteiger partial charge on any atom is -0.489 e. The van der Waals surface area contributed by atoms with Gasteiger partial charge in [0.2, 0.25) is 0 Å². The lowest BCUT2D eigenvalue weighted by Gasteiger charge is -2.08. The molecule has 0 fully saturated rings. The van der Waals surface area contributed by atoms with E-state index in [4.69, 9.17) is 4.74 Å². The van der Waals surface area contributed by atoms with Crippen LogP contribution in [0.1, 0.15) is 37.4 Å². The number of rotatable bonds is 6. The number of ether oxygens (including phenoxy) is 1. The van der Waals surface area contributed by atoms with Gasteiger partial charge in [-0.2, -0.15) is 0 Å². The molecule has 1 aliphatic rings. The zero-order valence-corrected chi connectivity index (χ0v) is 18.2. The summed E-state index contributed by atoms with van der Waals surface area (Å²) in [4.78, 5) is 27.5. The van der Waals surface area contributed by atoms with E-state index in [1.54, 1.807) is 6.07 Å². The molecule has 5 nitrogen and oxygen atoms in total. The summed E-state index contributed by atoms with van der Waals surface area (Å²) < 4.78 is 6.91. The molecule has 0 bridgehead atoms. The number of amides is 2. The smallest absolute Gasteiger partial charge is 0.259 e. The van der Waals surface area contributed by atoms with Gasteiger partial charge in [-0.1, -0.05) is 42.5 Å². The number of carbonyl (C=O) groups is 2. The second kappa shape index (κ2) is 8.04. The van der Waals surface area contributed by atoms with Gasteiger partial charge in [-0.15, -0.1) is 0 Å². The number of benzene rings is 3. The highest BCUT2D eigenvalue weighted by atomic mass is 79.9. The standard InChI is InChI=1S/C25H19BrN2O3/c26-23-18(11-9-16-7-4-8-19-22(16)25(30)28-24(19)29)20-13-17(10-12-21(20)27-23)31-14-15-5-2-1-3-6-15/h1-8,10,12-13,27H,9,11,14H2,(H,28,29,30). The predicted molar refractivity (Wildman–Crippen MR) is 122 cm³/mol. The van der Waals surface area contributed by atoms with Gasteiger partial charge in [0.25, 0.3) is 11.8 Å². The number of aromatic amines is 1. The fraction of sp³-hybridized carbons (Fsp3) is 0.120. The molecule has 0 aliphatic carbocycles. The Morgan fingerprint density at radius 2 is 1.71 bits per heavy atom. The summed E-state index contributed by atoms with van der Waals surface area (Å²) in [6.45, 7) is 0.507. The zero-order valence-electron chi connectivity index (χ0n) is 16.6.